The maximum atomic E-state index is 12.4. The molecule has 0 amide bonds. The summed E-state index contributed by atoms with van der Waals surface area (Å²) in [5.41, 5.74) is 2.15. The van der Waals surface area contributed by atoms with Crippen LogP contribution in [0.3, 0.4) is 0 Å². The molecule has 1 heterocycles. The summed E-state index contributed by atoms with van der Waals surface area (Å²) >= 11 is 8.60. The molecule has 118 valence electrons. The number of ether oxygens (including phenoxy) is 2. The van der Waals surface area contributed by atoms with Gasteiger partial charge in [0.2, 0.25) is 0 Å². The fourth-order valence-corrected chi connectivity index (χ4v) is 2.70. The zero-order valence-corrected chi connectivity index (χ0v) is 14.7. The lowest BCUT2D eigenvalue weighted by atomic mass is 9.96. The van der Waals surface area contributed by atoms with Gasteiger partial charge in [-0.25, -0.2) is 4.79 Å². The first-order chi connectivity index (χ1) is 10.5. The molecule has 2 N–H and O–H groups in total. The number of hydrogen-bond acceptors (Lipinski definition) is 4. The maximum Gasteiger partial charge on any atom is 0.338 e. The summed E-state index contributed by atoms with van der Waals surface area (Å²) in [6.45, 7) is 2.38. The first-order valence-corrected chi connectivity index (χ1v) is 7.93. The highest BCUT2D eigenvalue weighted by molar-refractivity contribution is 9.10. The minimum Gasteiger partial charge on any atom is -0.460 e. The van der Waals surface area contributed by atoms with Crippen molar-refractivity contribution in [2.24, 2.45) is 0 Å². The third kappa shape index (κ3) is 4.06. The van der Waals surface area contributed by atoms with Crippen molar-refractivity contribution >= 4 is 39.2 Å². The van der Waals surface area contributed by atoms with E-state index in [0.29, 0.717) is 23.0 Å². The lowest BCUT2D eigenvalue weighted by Gasteiger charge is -2.29. The predicted molar refractivity (Wildman–Crippen MR) is 91.3 cm³/mol. The number of methoxy groups -OCH3 is 1. The number of thiocarbonyl (C=S) groups is 1. The number of carbonyl (C=O) groups excluding carboxylic acids is 1. The van der Waals surface area contributed by atoms with Gasteiger partial charge in [-0.1, -0.05) is 28.1 Å². The molecule has 1 aliphatic rings. The van der Waals surface area contributed by atoms with E-state index in [1.807, 2.05) is 31.2 Å². The number of esters is 1. The van der Waals surface area contributed by atoms with Gasteiger partial charge in [0.15, 0.2) is 5.11 Å². The van der Waals surface area contributed by atoms with E-state index < -0.39 is 0 Å². The molecule has 1 aromatic rings. The van der Waals surface area contributed by atoms with Crippen molar-refractivity contribution in [3.63, 3.8) is 0 Å². The molecule has 5 nitrogen and oxygen atoms in total. The van der Waals surface area contributed by atoms with Crippen LogP contribution in [-0.2, 0) is 14.3 Å². The Kier molecular flexibility index (Phi) is 5.93. The molecule has 1 atom stereocenters. The van der Waals surface area contributed by atoms with E-state index >= 15 is 0 Å². The lowest BCUT2D eigenvalue weighted by Crippen LogP contribution is -2.45. The standard InChI is InChI=1S/C15H17BrN2O3S/c1-9-12(14(19)21-8-7-20-2)13(18-15(22)17-9)10-3-5-11(16)6-4-10/h3-6,13H,7-8H2,1-2H3,(H2,17,18,22)/t13-/m0/s1. The Bertz CT molecular complexity index is 601. The molecule has 1 aliphatic heterocycles. The van der Waals surface area contributed by atoms with E-state index in [0.717, 1.165) is 10.0 Å². The average molecular weight is 385 g/mol. The van der Waals surface area contributed by atoms with Crippen molar-refractivity contribution in [2.45, 2.75) is 13.0 Å². The smallest absolute Gasteiger partial charge is 0.338 e. The SMILES string of the molecule is COCCOC(=O)C1=C(C)NC(=S)N[C@H]1c1ccc(Br)cc1. The normalized spacial score (nSPS) is 17.8. The number of halogens is 1. The third-order valence-corrected chi connectivity index (χ3v) is 3.96. The van der Waals surface area contributed by atoms with E-state index in [2.05, 4.69) is 26.6 Å². The number of benzene rings is 1. The van der Waals surface area contributed by atoms with Crippen LogP contribution in [0.15, 0.2) is 40.0 Å². The zero-order valence-electron chi connectivity index (χ0n) is 12.3. The number of hydrogen-bond donors (Lipinski definition) is 2. The molecule has 0 spiro atoms. The van der Waals surface area contributed by atoms with Gasteiger partial charge in [-0.05, 0) is 36.8 Å². The van der Waals surface area contributed by atoms with Gasteiger partial charge in [0, 0.05) is 17.3 Å². The Morgan fingerprint density at radius 1 is 1.32 bits per heavy atom. The van der Waals surface area contributed by atoms with E-state index in [9.17, 15) is 4.79 Å². The van der Waals surface area contributed by atoms with Gasteiger partial charge >= 0.3 is 5.97 Å². The molecule has 22 heavy (non-hydrogen) atoms. The summed E-state index contributed by atoms with van der Waals surface area (Å²) < 4.78 is 11.1. The Morgan fingerprint density at radius 3 is 2.64 bits per heavy atom. The van der Waals surface area contributed by atoms with Crippen molar-refractivity contribution in [1.29, 1.82) is 0 Å². The molecular weight excluding hydrogens is 368 g/mol. The van der Waals surface area contributed by atoms with Gasteiger partial charge in [0.25, 0.3) is 0 Å². The summed E-state index contributed by atoms with van der Waals surface area (Å²) in [6.07, 6.45) is 0. The molecule has 0 unspecified atom stereocenters. The second-order valence-electron chi connectivity index (χ2n) is 4.75. The van der Waals surface area contributed by atoms with E-state index in [4.69, 9.17) is 21.7 Å². The first kappa shape index (κ1) is 16.9. The molecule has 0 saturated carbocycles. The lowest BCUT2D eigenvalue weighted by molar-refractivity contribution is -0.140. The predicted octanol–water partition coefficient (Wildman–Crippen LogP) is 2.43. The topological polar surface area (TPSA) is 59.6 Å². The van der Waals surface area contributed by atoms with Crippen LogP contribution in [0, 0.1) is 0 Å². The Morgan fingerprint density at radius 2 is 2.00 bits per heavy atom. The zero-order chi connectivity index (χ0) is 16.1. The van der Waals surface area contributed by atoms with Crippen LogP contribution in [0.4, 0.5) is 0 Å². The van der Waals surface area contributed by atoms with Crippen LogP contribution < -0.4 is 10.6 Å². The highest BCUT2D eigenvalue weighted by atomic mass is 79.9. The van der Waals surface area contributed by atoms with Crippen LogP contribution in [0.2, 0.25) is 0 Å². The number of carbonyl (C=O) groups is 1. The van der Waals surface area contributed by atoms with Crippen molar-refractivity contribution < 1.29 is 14.3 Å². The summed E-state index contributed by atoms with van der Waals surface area (Å²) in [5, 5.41) is 6.57. The molecule has 0 saturated heterocycles. The molecule has 0 bridgehead atoms. The summed E-state index contributed by atoms with van der Waals surface area (Å²) in [4.78, 5) is 12.4. The maximum absolute atomic E-state index is 12.4. The number of rotatable bonds is 5. The summed E-state index contributed by atoms with van der Waals surface area (Å²) in [7, 11) is 1.56. The van der Waals surface area contributed by atoms with Crippen molar-refractivity contribution in [3.8, 4) is 0 Å². The monoisotopic (exact) mass is 384 g/mol. The van der Waals surface area contributed by atoms with E-state index in [-0.39, 0.29) is 18.6 Å². The first-order valence-electron chi connectivity index (χ1n) is 6.72. The Balaban J connectivity index is 2.28. The highest BCUT2D eigenvalue weighted by Gasteiger charge is 2.30. The molecule has 1 aromatic carbocycles. The minimum atomic E-state index is -0.384. The van der Waals surface area contributed by atoms with Crippen LogP contribution in [0.5, 0.6) is 0 Å². The van der Waals surface area contributed by atoms with Crippen LogP contribution in [0.1, 0.15) is 18.5 Å². The Labute approximate surface area is 143 Å². The second-order valence-corrected chi connectivity index (χ2v) is 6.07. The summed E-state index contributed by atoms with van der Waals surface area (Å²) in [6, 6.07) is 7.38. The molecular formula is C15H17BrN2O3S. The van der Waals surface area contributed by atoms with Gasteiger partial charge < -0.3 is 20.1 Å². The third-order valence-electron chi connectivity index (χ3n) is 3.21. The highest BCUT2D eigenvalue weighted by Crippen LogP contribution is 2.28. The van der Waals surface area contributed by atoms with Crippen LogP contribution in [0.25, 0.3) is 0 Å². The molecule has 0 radical (unpaired) electrons. The quantitative estimate of drug-likeness (QED) is 0.461. The largest absolute Gasteiger partial charge is 0.460 e. The van der Waals surface area contributed by atoms with Gasteiger partial charge in [0.05, 0.1) is 18.2 Å². The molecule has 0 fully saturated rings. The van der Waals surface area contributed by atoms with Crippen LogP contribution >= 0.6 is 28.1 Å². The van der Waals surface area contributed by atoms with Gasteiger partial charge in [0.1, 0.15) is 6.61 Å². The van der Waals surface area contributed by atoms with Crippen molar-refractivity contribution in [2.75, 3.05) is 20.3 Å². The van der Waals surface area contributed by atoms with Crippen LogP contribution in [-0.4, -0.2) is 31.4 Å². The second kappa shape index (κ2) is 7.71. The van der Waals surface area contributed by atoms with Gasteiger partial charge in [-0.15, -0.1) is 0 Å². The van der Waals surface area contributed by atoms with Gasteiger partial charge in [-0.2, -0.15) is 0 Å². The fourth-order valence-electron chi connectivity index (χ4n) is 2.17. The summed E-state index contributed by atoms with van der Waals surface area (Å²) in [5.74, 6) is -0.384. The Hall–Kier alpha value is -1.44. The van der Waals surface area contributed by atoms with Gasteiger partial charge in [-0.3, -0.25) is 0 Å². The van der Waals surface area contributed by atoms with E-state index in [1.165, 1.54) is 0 Å². The number of nitrogens with one attached hydrogen (secondary N) is 2. The molecule has 0 aliphatic carbocycles. The number of allylic oxidation sites excluding steroid dienone is 1. The fraction of sp³-hybridized carbons (Fsp3) is 0.333. The van der Waals surface area contributed by atoms with Crippen molar-refractivity contribution in [1.82, 2.24) is 10.6 Å². The molecule has 0 aromatic heterocycles. The van der Waals surface area contributed by atoms with Crippen molar-refractivity contribution in [3.05, 3.63) is 45.6 Å². The van der Waals surface area contributed by atoms with E-state index in [1.54, 1.807) is 7.11 Å². The average Bonchev–Trinajstić information content (AvgIpc) is 2.47. The minimum absolute atomic E-state index is 0.212. The molecule has 7 heteroatoms. The molecule has 2 rings (SSSR count).